The molecular formula is C15H20ClFN2O. The summed E-state index contributed by atoms with van der Waals surface area (Å²) in [7, 11) is 0. The van der Waals surface area contributed by atoms with Crippen LogP contribution in [0.2, 0.25) is 5.02 Å². The second-order valence-electron chi connectivity index (χ2n) is 5.34. The van der Waals surface area contributed by atoms with Gasteiger partial charge in [-0.3, -0.25) is 4.79 Å². The molecule has 0 aromatic heterocycles. The van der Waals surface area contributed by atoms with E-state index in [2.05, 4.69) is 10.6 Å². The quantitative estimate of drug-likeness (QED) is 0.889. The van der Waals surface area contributed by atoms with Gasteiger partial charge in [-0.1, -0.05) is 30.9 Å². The van der Waals surface area contributed by atoms with Crippen molar-refractivity contribution in [2.45, 2.75) is 51.1 Å². The fourth-order valence-electron chi connectivity index (χ4n) is 2.53. The van der Waals surface area contributed by atoms with Crippen LogP contribution in [0, 0.1) is 5.82 Å². The number of carbonyl (C=O) groups excluding carboxylic acids is 1. The van der Waals surface area contributed by atoms with Crippen LogP contribution in [0.3, 0.4) is 0 Å². The van der Waals surface area contributed by atoms with Crippen LogP contribution in [0.15, 0.2) is 18.2 Å². The molecule has 0 bridgehead atoms. The molecule has 0 radical (unpaired) electrons. The van der Waals surface area contributed by atoms with Crippen LogP contribution in [0.5, 0.6) is 0 Å². The zero-order chi connectivity index (χ0) is 14.5. The maximum Gasteiger partial charge on any atom is 0.241 e. The predicted molar refractivity (Wildman–Crippen MR) is 79.5 cm³/mol. The monoisotopic (exact) mass is 298 g/mol. The number of hydrogen-bond acceptors (Lipinski definition) is 2. The number of halogens is 2. The zero-order valence-corrected chi connectivity index (χ0v) is 12.3. The number of carbonyl (C=O) groups is 1. The Morgan fingerprint density at radius 2 is 2.05 bits per heavy atom. The molecular weight excluding hydrogens is 279 g/mol. The van der Waals surface area contributed by atoms with Crippen LogP contribution in [0.1, 0.15) is 39.0 Å². The first-order chi connectivity index (χ1) is 9.56. The third-order valence-corrected chi connectivity index (χ3v) is 3.99. The van der Waals surface area contributed by atoms with E-state index >= 15 is 0 Å². The van der Waals surface area contributed by atoms with Gasteiger partial charge in [0.1, 0.15) is 5.82 Å². The molecule has 0 spiro atoms. The first-order valence-electron chi connectivity index (χ1n) is 7.08. The Morgan fingerprint density at radius 3 is 2.70 bits per heavy atom. The van der Waals surface area contributed by atoms with Gasteiger partial charge in [0.25, 0.3) is 0 Å². The van der Waals surface area contributed by atoms with Crippen molar-refractivity contribution in [3.8, 4) is 0 Å². The van der Waals surface area contributed by atoms with Gasteiger partial charge < -0.3 is 10.6 Å². The van der Waals surface area contributed by atoms with Gasteiger partial charge in [0.05, 0.1) is 16.8 Å². The SMILES string of the molecule is C[C@H](NC1CCCCC1)C(=O)Nc1ccc(F)cc1Cl. The molecule has 1 aromatic rings. The normalized spacial score (nSPS) is 17.8. The molecule has 1 aromatic carbocycles. The lowest BCUT2D eigenvalue weighted by Crippen LogP contribution is -2.44. The Hall–Kier alpha value is -1.13. The summed E-state index contributed by atoms with van der Waals surface area (Å²) in [5.41, 5.74) is 0.440. The average Bonchev–Trinajstić information content (AvgIpc) is 2.43. The molecule has 0 unspecified atom stereocenters. The molecule has 1 fully saturated rings. The van der Waals surface area contributed by atoms with Crippen LogP contribution in [-0.4, -0.2) is 18.0 Å². The van der Waals surface area contributed by atoms with Crippen LogP contribution in [0.25, 0.3) is 0 Å². The van der Waals surface area contributed by atoms with Crippen molar-refractivity contribution in [2.24, 2.45) is 0 Å². The van der Waals surface area contributed by atoms with E-state index in [0.717, 1.165) is 12.8 Å². The smallest absolute Gasteiger partial charge is 0.241 e. The zero-order valence-electron chi connectivity index (χ0n) is 11.6. The molecule has 20 heavy (non-hydrogen) atoms. The van der Waals surface area contributed by atoms with Gasteiger partial charge in [0, 0.05) is 6.04 Å². The minimum Gasteiger partial charge on any atom is -0.323 e. The van der Waals surface area contributed by atoms with E-state index < -0.39 is 5.82 Å². The number of rotatable bonds is 4. The summed E-state index contributed by atoms with van der Waals surface area (Å²) in [6.45, 7) is 1.83. The number of amides is 1. The number of nitrogens with one attached hydrogen (secondary N) is 2. The summed E-state index contributed by atoms with van der Waals surface area (Å²) < 4.78 is 12.9. The van der Waals surface area contributed by atoms with Gasteiger partial charge >= 0.3 is 0 Å². The Labute approximate surface area is 123 Å². The maximum absolute atomic E-state index is 12.9. The van der Waals surface area contributed by atoms with E-state index in [4.69, 9.17) is 11.6 Å². The van der Waals surface area contributed by atoms with Crippen molar-refractivity contribution in [1.29, 1.82) is 0 Å². The van der Waals surface area contributed by atoms with Crippen LogP contribution >= 0.6 is 11.6 Å². The van der Waals surface area contributed by atoms with E-state index in [1.54, 1.807) is 0 Å². The Bertz CT molecular complexity index is 475. The molecule has 0 aliphatic heterocycles. The van der Waals surface area contributed by atoms with Gasteiger partial charge in [-0.15, -0.1) is 0 Å². The highest BCUT2D eigenvalue weighted by atomic mass is 35.5. The van der Waals surface area contributed by atoms with Crippen molar-refractivity contribution < 1.29 is 9.18 Å². The minimum atomic E-state index is -0.415. The highest BCUT2D eigenvalue weighted by molar-refractivity contribution is 6.33. The Balaban J connectivity index is 1.89. The first kappa shape index (κ1) is 15.3. The Kier molecular flexibility index (Phi) is 5.38. The summed E-state index contributed by atoms with van der Waals surface area (Å²) >= 11 is 5.90. The molecule has 5 heteroatoms. The molecule has 110 valence electrons. The van der Waals surface area contributed by atoms with E-state index in [9.17, 15) is 9.18 Å². The molecule has 2 rings (SSSR count). The highest BCUT2D eigenvalue weighted by Gasteiger charge is 2.20. The van der Waals surface area contributed by atoms with Gasteiger partial charge in [-0.25, -0.2) is 4.39 Å². The van der Waals surface area contributed by atoms with Crippen LogP contribution in [0.4, 0.5) is 10.1 Å². The summed E-state index contributed by atoms with van der Waals surface area (Å²) in [4.78, 5) is 12.1. The molecule has 1 aliphatic carbocycles. The van der Waals surface area contributed by atoms with E-state index in [-0.39, 0.29) is 17.0 Å². The van der Waals surface area contributed by atoms with Gasteiger partial charge in [0.2, 0.25) is 5.91 Å². The lowest BCUT2D eigenvalue weighted by atomic mass is 9.95. The molecule has 2 N–H and O–H groups in total. The second-order valence-corrected chi connectivity index (χ2v) is 5.74. The summed E-state index contributed by atoms with van der Waals surface area (Å²) in [6, 6.07) is 4.06. The van der Waals surface area contributed by atoms with Crippen molar-refractivity contribution >= 4 is 23.2 Å². The van der Waals surface area contributed by atoms with Crippen molar-refractivity contribution in [3.63, 3.8) is 0 Å². The number of anilines is 1. The van der Waals surface area contributed by atoms with E-state index in [1.165, 1.54) is 37.5 Å². The maximum atomic E-state index is 12.9. The third kappa shape index (κ3) is 4.18. The molecule has 1 atom stereocenters. The fourth-order valence-corrected chi connectivity index (χ4v) is 2.74. The van der Waals surface area contributed by atoms with Crippen molar-refractivity contribution in [2.75, 3.05) is 5.32 Å². The van der Waals surface area contributed by atoms with Gasteiger partial charge in [-0.05, 0) is 38.0 Å². The molecule has 3 nitrogen and oxygen atoms in total. The second kappa shape index (κ2) is 7.04. The van der Waals surface area contributed by atoms with Crippen LogP contribution in [-0.2, 0) is 4.79 Å². The molecule has 0 heterocycles. The third-order valence-electron chi connectivity index (χ3n) is 3.67. The lowest BCUT2D eigenvalue weighted by molar-refractivity contribution is -0.118. The largest absolute Gasteiger partial charge is 0.323 e. The number of hydrogen-bond donors (Lipinski definition) is 2. The molecule has 1 aliphatic rings. The summed E-state index contributed by atoms with van der Waals surface area (Å²) in [6.07, 6.45) is 5.96. The molecule has 1 amide bonds. The molecule has 1 saturated carbocycles. The topological polar surface area (TPSA) is 41.1 Å². The fraction of sp³-hybridized carbons (Fsp3) is 0.533. The first-order valence-corrected chi connectivity index (χ1v) is 7.46. The number of benzene rings is 1. The van der Waals surface area contributed by atoms with Crippen molar-refractivity contribution in [1.82, 2.24) is 5.32 Å². The lowest BCUT2D eigenvalue weighted by Gasteiger charge is -2.26. The molecule has 0 saturated heterocycles. The summed E-state index contributed by atoms with van der Waals surface area (Å²) in [5.74, 6) is -0.564. The van der Waals surface area contributed by atoms with Crippen LogP contribution < -0.4 is 10.6 Å². The van der Waals surface area contributed by atoms with E-state index in [0.29, 0.717) is 11.7 Å². The summed E-state index contributed by atoms with van der Waals surface area (Å²) in [5, 5.41) is 6.28. The highest BCUT2D eigenvalue weighted by Crippen LogP contribution is 2.23. The van der Waals surface area contributed by atoms with Gasteiger partial charge in [0.15, 0.2) is 0 Å². The van der Waals surface area contributed by atoms with E-state index in [1.807, 2.05) is 6.92 Å². The van der Waals surface area contributed by atoms with Crippen molar-refractivity contribution in [3.05, 3.63) is 29.0 Å². The Morgan fingerprint density at radius 1 is 1.35 bits per heavy atom. The predicted octanol–water partition coefficient (Wildman–Crippen LogP) is 3.73. The minimum absolute atomic E-state index is 0.149. The van der Waals surface area contributed by atoms with Gasteiger partial charge in [-0.2, -0.15) is 0 Å². The standard InChI is InChI=1S/C15H20ClFN2O/c1-10(18-12-5-3-2-4-6-12)15(20)19-14-8-7-11(17)9-13(14)16/h7-10,12,18H,2-6H2,1H3,(H,19,20)/t10-/m0/s1. The average molecular weight is 299 g/mol.